The molecule has 0 aliphatic carbocycles. The Morgan fingerprint density at radius 2 is 2.21 bits per heavy atom. The first-order valence-electron chi connectivity index (χ1n) is 9.25. The Hall–Kier alpha value is -2.03. The van der Waals surface area contributed by atoms with Crippen molar-refractivity contribution in [1.82, 2.24) is 19.5 Å². The molecule has 2 unspecified atom stereocenters. The Balaban J connectivity index is 1.53. The van der Waals surface area contributed by atoms with Crippen LogP contribution in [0, 0.1) is 11.7 Å². The number of halogens is 2. The van der Waals surface area contributed by atoms with Crippen molar-refractivity contribution in [2.24, 2.45) is 5.92 Å². The van der Waals surface area contributed by atoms with Crippen molar-refractivity contribution in [3.63, 3.8) is 0 Å². The van der Waals surface area contributed by atoms with Gasteiger partial charge in [-0.3, -0.25) is 9.69 Å². The lowest BCUT2D eigenvalue weighted by Crippen LogP contribution is -2.25. The number of benzene rings is 1. The van der Waals surface area contributed by atoms with Gasteiger partial charge in [0.25, 0.3) is 5.56 Å². The molecular formula is C19H21ClFN5OS. The van der Waals surface area contributed by atoms with E-state index in [9.17, 15) is 9.18 Å². The molecule has 1 aliphatic heterocycles. The highest BCUT2D eigenvalue weighted by Gasteiger charge is 2.33. The van der Waals surface area contributed by atoms with E-state index >= 15 is 0 Å². The van der Waals surface area contributed by atoms with Crippen molar-refractivity contribution in [3.05, 3.63) is 56.7 Å². The highest BCUT2D eigenvalue weighted by molar-refractivity contribution is 7.20. The summed E-state index contributed by atoms with van der Waals surface area (Å²) in [5, 5.41) is 8.49. The van der Waals surface area contributed by atoms with Crippen LogP contribution in [0.3, 0.4) is 0 Å². The Bertz CT molecular complexity index is 1070. The summed E-state index contributed by atoms with van der Waals surface area (Å²) in [5.74, 6) is -0.108. The van der Waals surface area contributed by atoms with Gasteiger partial charge in [-0.1, -0.05) is 35.9 Å². The van der Waals surface area contributed by atoms with Crippen LogP contribution in [-0.2, 0) is 6.42 Å². The predicted molar refractivity (Wildman–Crippen MR) is 110 cm³/mol. The topological polar surface area (TPSA) is 62.5 Å². The normalized spacial score (nSPS) is 20.1. The maximum Gasteiger partial charge on any atom is 0.275 e. The number of anilines is 1. The Morgan fingerprint density at radius 1 is 1.39 bits per heavy atom. The van der Waals surface area contributed by atoms with Gasteiger partial charge in [0.15, 0.2) is 0 Å². The largest absolute Gasteiger partial charge is 0.360 e. The average molecular weight is 422 g/mol. The third-order valence-corrected chi connectivity index (χ3v) is 6.41. The van der Waals surface area contributed by atoms with Crippen LogP contribution in [-0.4, -0.2) is 39.6 Å². The molecule has 2 aromatic heterocycles. The SMILES string of the molecule is CCc1cc(=O)n2nc(NCC3CCN(C)C3c3ccc(Cl)c(F)c3)sc2n1. The van der Waals surface area contributed by atoms with Crippen molar-refractivity contribution in [2.75, 3.05) is 25.5 Å². The Labute approximate surface area is 171 Å². The maximum atomic E-state index is 13.9. The average Bonchev–Trinajstić information content (AvgIpc) is 3.25. The minimum absolute atomic E-state index is 0.0983. The molecule has 1 N–H and O–H groups in total. The smallest absolute Gasteiger partial charge is 0.275 e. The zero-order chi connectivity index (χ0) is 19.8. The minimum atomic E-state index is -0.394. The van der Waals surface area contributed by atoms with Crippen LogP contribution in [0.4, 0.5) is 9.52 Å². The maximum absolute atomic E-state index is 13.9. The lowest BCUT2D eigenvalue weighted by atomic mass is 9.93. The number of fused-ring (bicyclic) bond motifs is 1. The van der Waals surface area contributed by atoms with Gasteiger partial charge in [0.2, 0.25) is 10.1 Å². The summed E-state index contributed by atoms with van der Waals surface area (Å²) in [7, 11) is 2.05. The molecule has 1 aliphatic rings. The fraction of sp³-hybridized carbons (Fsp3) is 0.421. The van der Waals surface area contributed by atoms with E-state index < -0.39 is 5.82 Å². The second-order valence-electron chi connectivity index (χ2n) is 7.07. The summed E-state index contributed by atoms with van der Waals surface area (Å²) in [6, 6.07) is 6.64. The Morgan fingerprint density at radius 3 is 2.96 bits per heavy atom. The molecule has 148 valence electrons. The molecule has 3 heterocycles. The van der Waals surface area contributed by atoms with Crippen molar-refractivity contribution in [1.29, 1.82) is 0 Å². The van der Waals surface area contributed by atoms with Crippen LogP contribution in [0.1, 0.15) is 30.6 Å². The van der Waals surface area contributed by atoms with E-state index in [1.165, 1.54) is 28.0 Å². The van der Waals surface area contributed by atoms with Crippen LogP contribution < -0.4 is 10.9 Å². The van der Waals surface area contributed by atoms with E-state index in [0.717, 1.165) is 24.2 Å². The van der Waals surface area contributed by atoms with E-state index in [2.05, 4.69) is 20.3 Å². The zero-order valence-electron chi connectivity index (χ0n) is 15.7. The molecule has 0 amide bonds. The molecule has 28 heavy (non-hydrogen) atoms. The van der Waals surface area contributed by atoms with Crippen LogP contribution in [0.25, 0.3) is 4.96 Å². The van der Waals surface area contributed by atoms with Gasteiger partial charge < -0.3 is 5.32 Å². The van der Waals surface area contributed by atoms with Crippen LogP contribution in [0.5, 0.6) is 0 Å². The fourth-order valence-corrected chi connectivity index (χ4v) is 4.74. The molecule has 1 saturated heterocycles. The van der Waals surface area contributed by atoms with Gasteiger partial charge in [0, 0.05) is 24.3 Å². The van der Waals surface area contributed by atoms with Crippen molar-refractivity contribution in [2.45, 2.75) is 25.8 Å². The van der Waals surface area contributed by atoms with Gasteiger partial charge in [-0.2, -0.15) is 4.52 Å². The molecule has 6 nitrogen and oxygen atoms in total. The highest BCUT2D eigenvalue weighted by atomic mass is 35.5. The minimum Gasteiger partial charge on any atom is -0.360 e. The molecule has 1 fully saturated rings. The van der Waals surface area contributed by atoms with Crippen LogP contribution in [0.2, 0.25) is 5.02 Å². The summed E-state index contributed by atoms with van der Waals surface area (Å²) in [6.07, 6.45) is 1.70. The van der Waals surface area contributed by atoms with Gasteiger partial charge in [0.05, 0.1) is 5.02 Å². The summed E-state index contributed by atoms with van der Waals surface area (Å²) in [5.41, 5.74) is 1.52. The lowest BCUT2D eigenvalue weighted by molar-refractivity contribution is 0.281. The Kier molecular flexibility index (Phi) is 5.35. The van der Waals surface area contributed by atoms with Gasteiger partial charge >= 0.3 is 0 Å². The monoisotopic (exact) mass is 421 g/mol. The van der Waals surface area contributed by atoms with E-state index in [4.69, 9.17) is 11.6 Å². The molecule has 0 saturated carbocycles. The van der Waals surface area contributed by atoms with Gasteiger partial charge in [0.1, 0.15) is 5.82 Å². The number of nitrogens with one attached hydrogen (secondary N) is 1. The first kappa shape index (κ1) is 19.3. The van der Waals surface area contributed by atoms with Gasteiger partial charge in [-0.25, -0.2) is 9.37 Å². The summed E-state index contributed by atoms with van der Waals surface area (Å²) in [4.78, 5) is 19.4. The second-order valence-corrected chi connectivity index (χ2v) is 8.43. The summed E-state index contributed by atoms with van der Waals surface area (Å²) < 4.78 is 15.3. The van der Waals surface area contributed by atoms with E-state index in [0.29, 0.717) is 23.1 Å². The lowest BCUT2D eigenvalue weighted by Gasteiger charge is -2.26. The first-order valence-corrected chi connectivity index (χ1v) is 10.4. The van der Waals surface area contributed by atoms with E-state index in [1.54, 1.807) is 6.07 Å². The molecule has 0 spiro atoms. The number of rotatable bonds is 5. The fourth-order valence-electron chi connectivity index (χ4n) is 3.79. The van der Waals surface area contributed by atoms with Crippen molar-refractivity contribution >= 4 is 33.0 Å². The third kappa shape index (κ3) is 3.64. The van der Waals surface area contributed by atoms with E-state index in [1.807, 2.05) is 20.0 Å². The number of nitrogens with zero attached hydrogens (tertiary/aromatic N) is 4. The highest BCUT2D eigenvalue weighted by Crippen LogP contribution is 2.37. The van der Waals surface area contributed by atoms with Crippen molar-refractivity contribution in [3.8, 4) is 0 Å². The molecule has 4 rings (SSSR count). The number of likely N-dealkylation sites (tertiary alicyclic amines) is 1. The van der Waals surface area contributed by atoms with Crippen LogP contribution >= 0.6 is 22.9 Å². The summed E-state index contributed by atoms with van der Waals surface area (Å²) in [6.45, 7) is 3.57. The summed E-state index contributed by atoms with van der Waals surface area (Å²) >= 11 is 7.20. The molecule has 9 heteroatoms. The molecule has 2 atom stereocenters. The molecule has 1 aromatic carbocycles. The third-order valence-electron chi connectivity index (χ3n) is 5.23. The van der Waals surface area contributed by atoms with Gasteiger partial charge in [-0.05, 0) is 50.0 Å². The number of aromatic nitrogens is 3. The molecule has 3 aromatic rings. The first-order chi connectivity index (χ1) is 13.5. The van der Waals surface area contributed by atoms with Crippen molar-refractivity contribution < 1.29 is 4.39 Å². The number of aryl methyl sites for hydroxylation is 1. The quantitative estimate of drug-likeness (QED) is 0.681. The standard InChI is InChI=1S/C19H21ClFN5OS/c1-3-13-9-16(27)26-19(23-13)28-18(24-26)22-10-12-6-7-25(2)17(12)11-4-5-14(20)15(21)8-11/h4-5,8-9,12,17H,3,6-7,10H2,1-2H3,(H,22,24). The zero-order valence-corrected chi connectivity index (χ0v) is 17.2. The second kappa shape index (κ2) is 7.77. The van der Waals surface area contributed by atoms with Gasteiger partial charge in [-0.15, -0.1) is 5.10 Å². The predicted octanol–water partition coefficient (Wildman–Crippen LogP) is 3.61. The number of hydrogen-bond donors (Lipinski definition) is 1. The number of hydrogen-bond acceptors (Lipinski definition) is 6. The molecule has 0 bridgehead atoms. The van der Waals surface area contributed by atoms with E-state index in [-0.39, 0.29) is 22.5 Å². The molecular weight excluding hydrogens is 401 g/mol. The molecule has 0 radical (unpaired) electrons. The van der Waals surface area contributed by atoms with Crippen LogP contribution in [0.15, 0.2) is 29.1 Å².